The molecule has 106 valence electrons. The van der Waals surface area contributed by atoms with Gasteiger partial charge in [-0.2, -0.15) is 5.10 Å². The maximum absolute atomic E-state index is 4.58. The molecule has 4 nitrogen and oxygen atoms in total. The van der Waals surface area contributed by atoms with Crippen LogP contribution in [0.25, 0.3) is 5.69 Å². The van der Waals surface area contributed by atoms with E-state index in [1.165, 1.54) is 0 Å². The summed E-state index contributed by atoms with van der Waals surface area (Å²) in [6.45, 7) is 2.83. The van der Waals surface area contributed by atoms with Crippen LogP contribution in [-0.2, 0) is 6.54 Å². The summed E-state index contributed by atoms with van der Waals surface area (Å²) in [6.07, 6.45) is 3.80. The molecule has 0 saturated heterocycles. The molecule has 1 atom stereocenters. The van der Waals surface area contributed by atoms with Crippen molar-refractivity contribution in [1.29, 1.82) is 0 Å². The van der Waals surface area contributed by atoms with Gasteiger partial charge in [-0.3, -0.25) is 4.98 Å². The Balaban J connectivity index is 1.63. The number of hydrogen-bond acceptors (Lipinski definition) is 3. The molecular formula is C17H18N4. The number of benzene rings is 1. The largest absolute Gasteiger partial charge is 0.303 e. The lowest BCUT2D eigenvalue weighted by Gasteiger charge is -2.11. The van der Waals surface area contributed by atoms with Crippen LogP contribution >= 0.6 is 0 Å². The number of nitrogens with zero attached hydrogens (tertiary/aromatic N) is 3. The predicted octanol–water partition coefficient (Wildman–Crippen LogP) is 3.12. The van der Waals surface area contributed by atoms with E-state index in [0.717, 1.165) is 23.6 Å². The number of para-hydroxylation sites is 1. The van der Waals surface area contributed by atoms with Gasteiger partial charge in [0.05, 0.1) is 17.1 Å². The van der Waals surface area contributed by atoms with Gasteiger partial charge in [-0.05, 0) is 37.3 Å². The molecule has 0 fully saturated rings. The van der Waals surface area contributed by atoms with Crippen molar-refractivity contribution >= 4 is 0 Å². The average Bonchev–Trinajstić information content (AvgIpc) is 3.03. The maximum atomic E-state index is 4.58. The average molecular weight is 278 g/mol. The van der Waals surface area contributed by atoms with Gasteiger partial charge in [-0.25, -0.2) is 4.68 Å². The van der Waals surface area contributed by atoms with E-state index in [4.69, 9.17) is 0 Å². The molecule has 0 amide bonds. The van der Waals surface area contributed by atoms with Gasteiger partial charge in [0.15, 0.2) is 0 Å². The van der Waals surface area contributed by atoms with Gasteiger partial charge in [0.2, 0.25) is 0 Å². The van der Waals surface area contributed by atoms with Crippen LogP contribution < -0.4 is 5.32 Å². The second-order valence-corrected chi connectivity index (χ2v) is 4.94. The van der Waals surface area contributed by atoms with E-state index in [1.54, 1.807) is 0 Å². The minimum Gasteiger partial charge on any atom is -0.303 e. The Kier molecular flexibility index (Phi) is 4.07. The molecule has 3 rings (SSSR count). The zero-order chi connectivity index (χ0) is 14.5. The lowest BCUT2D eigenvalue weighted by molar-refractivity contribution is 0.552. The molecule has 0 radical (unpaired) electrons. The van der Waals surface area contributed by atoms with Crippen molar-refractivity contribution in [3.05, 3.63) is 78.4 Å². The van der Waals surface area contributed by atoms with E-state index < -0.39 is 0 Å². The lowest BCUT2D eigenvalue weighted by Crippen LogP contribution is -2.19. The highest BCUT2D eigenvalue weighted by atomic mass is 15.3. The highest BCUT2D eigenvalue weighted by Gasteiger charge is 2.07. The van der Waals surface area contributed by atoms with E-state index >= 15 is 0 Å². The SMILES string of the molecule is CC(NCc1ccn(-c2ccccc2)n1)c1ccccn1. The molecule has 1 N–H and O–H groups in total. The van der Waals surface area contributed by atoms with E-state index in [1.807, 2.05) is 71.7 Å². The first-order chi connectivity index (χ1) is 10.3. The highest BCUT2D eigenvalue weighted by molar-refractivity contribution is 5.30. The first-order valence-electron chi connectivity index (χ1n) is 7.07. The fraction of sp³-hybridized carbons (Fsp3) is 0.176. The highest BCUT2D eigenvalue weighted by Crippen LogP contribution is 2.10. The van der Waals surface area contributed by atoms with Crippen molar-refractivity contribution in [2.24, 2.45) is 0 Å². The zero-order valence-electron chi connectivity index (χ0n) is 12.0. The van der Waals surface area contributed by atoms with Crippen molar-refractivity contribution in [2.45, 2.75) is 19.5 Å². The third-order valence-corrected chi connectivity index (χ3v) is 3.39. The van der Waals surface area contributed by atoms with Gasteiger partial charge in [-0.1, -0.05) is 24.3 Å². The molecule has 0 aliphatic rings. The minimum atomic E-state index is 0.202. The number of hydrogen-bond donors (Lipinski definition) is 1. The third-order valence-electron chi connectivity index (χ3n) is 3.39. The standard InChI is InChI=1S/C17H18N4/c1-14(17-9-5-6-11-18-17)19-13-15-10-12-21(20-15)16-7-3-2-4-8-16/h2-12,14,19H,13H2,1H3. The fourth-order valence-electron chi connectivity index (χ4n) is 2.17. The summed E-state index contributed by atoms with van der Waals surface area (Å²) in [5.41, 5.74) is 3.13. The number of rotatable bonds is 5. The van der Waals surface area contributed by atoms with Crippen LogP contribution in [0.5, 0.6) is 0 Å². The Morgan fingerprint density at radius 1 is 1.05 bits per heavy atom. The van der Waals surface area contributed by atoms with Gasteiger partial charge in [-0.15, -0.1) is 0 Å². The van der Waals surface area contributed by atoms with E-state index in [9.17, 15) is 0 Å². The monoisotopic (exact) mass is 278 g/mol. The first kappa shape index (κ1) is 13.5. The Hall–Kier alpha value is -2.46. The lowest BCUT2D eigenvalue weighted by atomic mass is 10.2. The van der Waals surface area contributed by atoms with Gasteiger partial charge in [0, 0.05) is 25.0 Å². The zero-order valence-corrected chi connectivity index (χ0v) is 12.0. The molecule has 4 heteroatoms. The maximum Gasteiger partial charge on any atom is 0.0767 e. The predicted molar refractivity (Wildman–Crippen MR) is 83.1 cm³/mol. The van der Waals surface area contributed by atoms with E-state index in [2.05, 4.69) is 22.3 Å². The molecule has 0 spiro atoms. The number of nitrogens with one attached hydrogen (secondary N) is 1. The molecule has 0 saturated carbocycles. The Labute approximate surface area is 124 Å². The molecule has 2 heterocycles. The van der Waals surface area contributed by atoms with Crippen LogP contribution in [0.1, 0.15) is 24.4 Å². The normalized spacial score (nSPS) is 12.2. The molecule has 21 heavy (non-hydrogen) atoms. The van der Waals surface area contributed by atoms with Crippen LogP contribution in [0.2, 0.25) is 0 Å². The van der Waals surface area contributed by atoms with Gasteiger partial charge >= 0.3 is 0 Å². The van der Waals surface area contributed by atoms with Crippen molar-refractivity contribution in [2.75, 3.05) is 0 Å². The van der Waals surface area contributed by atoms with Crippen molar-refractivity contribution in [3.8, 4) is 5.69 Å². The van der Waals surface area contributed by atoms with Gasteiger partial charge in [0.1, 0.15) is 0 Å². The third kappa shape index (κ3) is 3.35. The quantitative estimate of drug-likeness (QED) is 0.779. The molecule has 3 aromatic rings. The summed E-state index contributed by atoms with van der Waals surface area (Å²) in [7, 11) is 0. The Bertz CT molecular complexity index is 676. The van der Waals surface area contributed by atoms with E-state index in [-0.39, 0.29) is 6.04 Å². The molecule has 1 unspecified atom stereocenters. The molecule has 0 bridgehead atoms. The van der Waals surface area contributed by atoms with Crippen LogP contribution in [0.3, 0.4) is 0 Å². The topological polar surface area (TPSA) is 42.7 Å². The van der Waals surface area contributed by atoms with Crippen LogP contribution in [-0.4, -0.2) is 14.8 Å². The smallest absolute Gasteiger partial charge is 0.0767 e. The molecular weight excluding hydrogens is 260 g/mol. The minimum absolute atomic E-state index is 0.202. The van der Waals surface area contributed by atoms with Crippen molar-refractivity contribution in [1.82, 2.24) is 20.1 Å². The molecule has 0 aliphatic heterocycles. The van der Waals surface area contributed by atoms with Gasteiger partial charge < -0.3 is 5.32 Å². The summed E-state index contributed by atoms with van der Waals surface area (Å²) < 4.78 is 1.89. The Morgan fingerprint density at radius 3 is 2.62 bits per heavy atom. The summed E-state index contributed by atoms with van der Waals surface area (Å²) >= 11 is 0. The second kappa shape index (κ2) is 6.33. The number of aromatic nitrogens is 3. The van der Waals surface area contributed by atoms with Crippen molar-refractivity contribution < 1.29 is 0 Å². The molecule has 1 aromatic carbocycles. The van der Waals surface area contributed by atoms with Crippen LogP contribution in [0, 0.1) is 0 Å². The molecule has 0 aliphatic carbocycles. The number of pyridine rings is 1. The first-order valence-corrected chi connectivity index (χ1v) is 7.07. The van der Waals surface area contributed by atoms with Crippen LogP contribution in [0.15, 0.2) is 67.0 Å². The summed E-state index contributed by atoms with van der Waals surface area (Å²) in [5.74, 6) is 0. The summed E-state index contributed by atoms with van der Waals surface area (Å²) in [5, 5.41) is 8.02. The van der Waals surface area contributed by atoms with Gasteiger partial charge in [0.25, 0.3) is 0 Å². The van der Waals surface area contributed by atoms with Crippen LogP contribution in [0.4, 0.5) is 0 Å². The summed E-state index contributed by atoms with van der Waals surface area (Å²) in [6, 6.07) is 18.3. The second-order valence-electron chi connectivity index (χ2n) is 4.94. The van der Waals surface area contributed by atoms with Crippen molar-refractivity contribution in [3.63, 3.8) is 0 Å². The van der Waals surface area contributed by atoms with E-state index in [0.29, 0.717) is 0 Å². The fourth-order valence-corrected chi connectivity index (χ4v) is 2.17. The summed E-state index contributed by atoms with van der Waals surface area (Å²) in [4.78, 5) is 4.36. The molecule has 2 aromatic heterocycles. The Morgan fingerprint density at radius 2 is 1.86 bits per heavy atom.